The van der Waals surface area contributed by atoms with E-state index in [4.69, 9.17) is 5.73 Å². The molecular formula is C13H26N2. The van der Waals surface area contributed by atoms with Crippen molar-refractivity contribution >= 4 is 0 Å². The third-order valence-electron chi connectivity index (χ3n) is 4.60. The van der Waals surface area contributed by atoms with Gasteiger partial charge in [-0.25, -0.2) is 0 Å². The van der Waals surface area contributed by atoms with Crippen LogP contribution in [0.15, 0.2) is 0 Å². The van der Waals surface area contributed by atoms with Gasteiger partial charge < -0.3 is 10.6 Å². The van der Waals surface area contributed by atoms with Gasteiger partial charge in [0.15, 0.2) is 0 Å². The van der Waals surface area contributed by atoms with Crippen molar-refractivity contribution in [2.45, 2.75) is 45.4 Å². The van der Waals surface area contributed by atoms with E-state index in [2.05, 4.69) is 11.8 Å². The Kier molecular flexibility index (Phi) is 3.68. The molecule has 0 radical (unpaired) electrons. The highest BCUT2D eigenvalue weighted by molar-refractivity contribution is 4.90. The highest BCUT2D eigenvalue weighted by atomic mass is 15.2. The van der Waals surface area contributed by atoms with Crippen LogP contribution in [-0.2, 0) is 0 Å². The van der Waals surface area contributed by atoms with Gasteiger partial charge in [-0.1, -0.05) is 26.2 Å². The summed E-state index contributed by atoms with van der Waals surface area (Å²) in [6.45, 7) is 7.15. The van der Waals surface area contributed by atoms with Crippen molar-refractivity contribution in [1.82, 2.24) is 4.90 Å². The van der Waals surface area contributed by atoms with E-state index >= 15 is 0 Å². The molecular weight excluding hydrogens is 184 g/mol. The Hall–Kier alpha value is -0.0800. The van der Waals surface area contributed by atoms with Gasteiger partial charge in [0, 0.05) is 13.1 Å². The van der Waals surface area contributed by atoms with Crippen LogP contribution in [-0.4, -0.2) is 31.1 Å². The van der Waals surface area contributed by atoms with Gasteiger partial charge in [-0.2, -0.15) is 0 Å². The van der Waals surface area contributed by atoms with Crippen molar-refractivity contribution in [3.63, 3.8) is 0 Å². The number of likely N-dealkylation sites (tertiary alicyclic amines) is 1. The molecule has 2 aliphatic rings. The largest absolute Gasteiger partial charge is 0.330 e. The van der Waals surface area contributed by atoms with Crippen molar-refractivity contribution in [2.75, 3.05) is 26.2 Å². The maximum atomic E-state index is 5.99. The summed E-state index contributed by atoms with van der Waals surface area (Å²) in [5, 5.41) is 0. The van der Waals surface area contributed by atoms with E-state index in [9.17, 15) is 0 Å². The van der Waals surface area contributed by atoms with E-state index in [0.29, 0.717) is 5.41 Å². The molecule has 2 heteroatoms. The SMILES string of the molecule is CCC1CCN(CC2(CN)CCCC2)C1. The van der Waals surface area contributed by atoms with Gasteiger partial charge in [0.25, 0.3) is 0 Å². The Morgan fingerprint density at radius 3 is 2.60 bits per heavy atom. The van der Waals surface area contributed by atoms with Crippen molar-refractivity contribution in [1.29, 1.82) is 0 Å². The summed E-state index contributed by atoms with van der Waals surface area (Å²) >= 11 is 0. The molecule has 2 rings (SSSR count). The van der Waals surface area contributed by atoms with E-state index < -0.39 is 0 Å². The van der Waals surface area contributed by atoms with Gasteiger partial charge >= 0.3 is 0 Å². The minimum atomic E-state index is 0.489. The van der Waals surface area contributed by atoms with Crippen LogP contribution in [0.3, 0.4) is 0 Å². The zero-order chi connectivity index (χ0) is 10.7. The molecule has 15 heavy (non-hydrogen) atoms. The molecule has 1 aliphatic heterocycles. The van der Waals surface area contributed by atoms with Crippen LogP contribution in [0.4, 0.5) is 0 Å². The maximum Gasteiger partial charge on any atom is 0.00502 e. The van der Waals surface area contributed by atoms with Crippen molar-refractivity contribution in [3.05, 3.63) is 0 Å². The Morgan fingerprint density at radius 1 is 1.33 bits per heavy atom. The van der Waals surface area contributed by atoms with Crippen LogP contribution in [0, 0.1) is 11.3 Å². The highest BCUT2D eigenvalue weighted by Crippen LogP contribution is 2.38. The Morgan fingerprint density at radius 2 is 2.07 bits per heavy atom. The summed E-state index contributed by atoms with van der Waals surface area (Å²) in [5.74, 6) is 0.959. The summed E-state index contributed by atoms with van der Waals surface area (Å²) in [5.41, 5.74) is 6.48. The molecule has 1 saturated carbocycles. The molecule has 0 aromatic rings. The van der Waals surface area contributed by atoms with Crippen molar-refractivity contribution in [2.24, 2.45) is 17.1 Å². The normalized spacial score (nSPS) is 31.2. The Bertz CT molecular complexity index is 197. The average Bonchev–Trinajstić information content (AvgIpc) is 2.88. The van der Waals surface area contributed by atoms with Crippen LogP contribution in [0.25, 0.3) is 0 Å². The lowest BCUT2D eigenvalue weighted by Gasteiger charge is -2.32. The lowest BCUT2D eigenvalue weighted by molar-refractivity contribution is 0.179. The zero-order valence-corrected chi connectivity index (χ0v) is 10.2. The molecule has 0 bridgehead atoms. The second-order valence-corrected chi connectivity index (χ2v) is 5.71. The molecule has 2 N–H and O–H groups in total. The summed E-state index contributed by atoms with van der Waals surface area (Å²) < 4.78 is 0. The molecule has 0 aromatic carbocycles. The van der Waals surface area contributed by atoms with E-state index in [1.165, 1.54) is 58.2 Å². The van der Waals surface area contributed by atoms with Crippen molar-refractivity contribution < 1.29 is 0 Å². The van der Waals surface area contributed by atoms with E-state index in [1.807, 2.05) is 0 Å². The van der Waals surface area contributed by atoms with Crippen molar-refractivity contribution in [3.8, 4) is 0 Å². The van der Waals surface area contributed by atoms with Crippen LogP contribution < -0.4 is 5.73 Å². The summed E-state index contributed by atoms with van der Waals surface area (Å²) in [6.07, 6.45) is 8.32. The number of rotatable bonds is 4. The topological polar surface area (TPSA) is 29.3 Å². The molecule has 1 heterocycles. The lowest BCUT2D eigenvalue weighted by Crippen LogP contribution is -2.40. The fourth-order valence-electron chi connectivity index (χ4n) is 3.42. The smallest absolute Gasteiger partial charge is 0.00502 e. The minimum Gasteiger partial charge on any atom is -0.330 e. The fourth-order valence-corrected chi connectivity index (χ4v) is 3.42. The summed E-state index contributed by atoms with van der Waals surface area (Å²) in [4.78, 5) is 2.67. The molecule has 1 aliphatic carbocycles. The van der Waals surface area contributed by atoms with Gasteiger partial charge in [-0.3, -0.25) is 0 Å². The predicted molar refractivity (Wildman–Crippen MR) is 64.8 cm³/mol. The number of hydrogen-bond acceptors (Lipinski definition) is 2. The van der Waals surface area contributed by atoms with Gasteiger partial charge in [0.05, 0.1) is 0 Å². The predicted octanol–water partition coefficient (Wildman–Crippen LogP) is 2.24. The third kappa shape index (κ3) is 2.54. The lowest BCUT2D eigenvalue weighted by atomic mass is 9.86. The average molecular weight is 210 g/mol. The standard InChI is InChI=1S/C13H26N2/c1-2-12-5-8-15(9-12)11-13(10-14)6-3-4-7-13/h12H,2-11,14H2,1H3. The number of nitrogens with two attached hydrogens (primary N) is 1. The Balaban J connectivity index is 1.85. The van der Waals surface area contributed by atoms with Gasteiger partial charge in [-0.05, 0) is 43.7 Å². The van der Waals surface area contributed by atoms with Gasteiger partial charge in [-0.15, -0.1) is 0 Å². The first kappa shape index (κ1) is 11.4. The monoisotopic (exact) mass is 210 g/mol. The molecule has 1 saturated heterocycles. The highest BCUT2D eigenvalue weighted by Gasteiger charge is 2.35. The second kappa shape index (κ2) is 4.84. The first-order valence-electron chi connectivity index (χ1n) is 6.70. The van der Waals surface area contributed by atoms with Crippen LogP contribution >= 0.6 is 0 Å². The first-order valence-corrected chi connectivity index (χ1v) is 6.70. The van der Waals surface area contributed by atoms with E-state index in [1.54, 1.807) is 0 Å². The number of nitrogens with zero attached hydrogens (tertiary/aromatic N) is 1. The van der Waals surface area contributed by atoms with E-state index in [-0.39, 0.29) is 0 Å². The first-order chi connectivity index (χ1) is 7.28. The molecule has 2 nitrogen and oxygen atoms in total. The van der Waals surface area contributed by atoms with Crippen LogP contribution in [0.1, 0.15) is 45.4 Å². The maximum absolute atomic E-state index is 5.99. The molecule has 0 spiro atoms. The minimum absolute atomic E-state index is 0.489. The van der Waals surface area contributed by atoms with Crippen LogP contribution in [0.5, 0.6) is 0 Å². The summed E-state index contributed by atoms with van der Waals surface area (Å²) in [6, 6.07) is 0. The molecule has 1 atom stereocenters. The molecule has 1 unspecified atom stereocenters. The Labute approximate surface area is 94.2 Å². The fraction of sp³-hybridized carbons (Fsp3) is 1.00. The van der Waals surface area contributed by atoms with E-state index in [0.717, 1.165) is 12.5 Å². The summed E-state index contributed by atoms with van der Waals surface area (Å²) in [7, 11) is 0. The zero-order valence-electron chi connectivity index (χ0n) is 10.2. The van der Waals surface area contributed by atoms with Gasteiger partial charge in [0.2, 0.25) is 0 Å². The molecule has 88 valence electrons. The number of hydrogen-bond donors (Lipinski definition) is 1. The third-order valence-corrected chi connectivity index (χ3v) is 4.60. The molecule has 2 fully saturated rings. The molecule has 0 amide bonds. The van der Waals surface area contributed by atoms with Gasteiger partial charge in [0.1, 0.15) is 0 Å². The molecule has 0 aromatic heterocycles. The second-order valence-electron chi connectivity index (χ2n) is 5.71. The quantitative estimate of drug-likeness (QED) is 0.771. The van der Waals surface area contributed by atoms with Crippen LogP contribution in [0.2, 0.25) is 0 Å².